The van der Waals surface area contributed by atoms with Crippen molar-refractivity contribution in [1.29, 1.82) is 0 Å². The second-order valence-electron chi connectivity index (χ2n) is 8.09. The van der Waals surface area contributed by atoms with Gasteiger partial charge in [0.2, 0.25) is 12.7 Å². The molecular formula is C23H26N4O4. The number of hydrogen-bond donors (Lipinski definition) is 1. The number of ether oxygens (including phenoxy) is 3. The van der Waals surface area contributed by atoms with E-state index in [9.17, 15) is 4.79 Å². The topological polar surface area (TPSA) is 87.5 Å². The van der Waals surface area contributed by atoms with Crippen molar-refractivity contribution in [2.75, 3.05) is 18.7 Å². The van der Waals surface area contributed by atoms with Crippen molar-refractivity contribution in [3.8, 4) is 34.6 Å². The molecule has 0 aliphatic carbocycles. The zero-order valence-corrected chi connectivity index (χ0v) is 18.1. The van der Waals surface area contributed by atoms with Crippen LogP contribution in [0.15, 0.2) is 42.5 Å². The molecule has 0 spiro atoms. The van der Waals surface area contributed by atoms with Crippen molar-refractivity contribution in [3.63, 3.8) is 0 Å². The Morgan fingerprint density at radius 2 is 1.84 bits per heavy atom. The van der Waals surface area contributed by atoms with E-state index >= 15 is 0 Å². The minimum Gasteiger partial charge on any atom is -0.462 e. The van der Waals surface area contributed by atoms with Gasteiger partial charge in [-0.25, -0.2) is 4.68 Å². The van der Waals surface area contributed by atoms with Gasteiger partial charge in [0.15, 0.2) is 17.3 Å². The lowest BCUT2D eigenvalue weighted by Gasteiger charge is -2.10. The number of amides is 1. The van der Waals surface area contributed by atoms with Crippen LogP contribution in [0, 0.1) is 11.8 Å². The predicted octanol–water partition coefficient (Wildman–Crippen LogP) is 4.29. The first-order valence-electron chi connectivity index (χ1n) is 10.3. The largest absolute Gasteiger partial charge is 0.462 e. The molecule has 1 aliphatic heterocycles. The molecule has 31 heavy (non-hydrogen) atoms. The number of hydrogen-bond acceptors (Lipinski definition) is 6. The van der Waals surface area contributed by atoms with E-state index in [1.807, 2.05) is 56.3 Å². The fraction of sp³-hybridized carbons (Fsp3) is 0.348. The fourth-order valence-corrected chi connectivity index (χ4v) is 2.97. The maximum absolute atomic E-state index is 12.0. The van der Waals surface area contributed by atoms with Crippen LogP contribution in [0.4, 0.5) is 5.69 Å². The highest BCUT2D eigenvalue weighted by Gasteiger charge is 2.19. The lowest BCUT2D eigenvalue weighted by molar-refractivity contribution is -0.118. The minimum absolute atomic E-state index is 0.0288. The summed E-state index contributed by atoms with van der Waals surface area (Å²) in [6, 6.07) is 13.4. The Bertz CT molecular complexity index is 1070. The van der Waals surface area contributed by atoms with E-state index in [4.69, 9.17) is 14.2 Å². The molecule has 0 radical (unpaired) electrons. The molecule has 0 unspecified atom stereocenters. The molecule has 4 rings (SSSR count). The average Bonchev–Trinajstić information content (AvgIpc) is 3.39. The summed E-state index contributed by atoms with van der Waals surface area (Å²) in [6.45, 7) is 8.58. The molecule has 1 amide bonds. The first-order chi connectivity index (χ1) is 14.9. The van der Waals surface area contributed by atoms with Gasteiger partial charge in [-0.2, -0.15) is 4.98 Å². The van der Waals surface area contributed by atoms with Gasteiger partial charge in [0.25, 0.3) is 0 Å². The Morgan fingerprint density at radius 1 is 1.10 bits per heavy atom. The Hall–Kier alpha value is -3.55. The van der Waals surface area contributed by atoms with E-state index in [1.54, 1.807) is 4.68 Å². The van der Waals surface area contributed by atoms with Gasteiger partial charge in [-0.05, 0) is 48.4 Å². The highest BCUT2D eigenvalue weighted by Crippen LogP contribution is 2.36. The molecule has 0 saturated carbocycles. The van der Waals surface area contributed by atoms with Crippen LogP contribution >= 0.6 is 0 Å². The number of fused-ring (bicyclic) bond motifs is 1. The number of benzene rings is 2. The van der Waals surface area contributed by atoms with E-state index in [0.717, 1.165) is 16.9 Å². The smallest absolute Gasteiger partial charge is 0.336 e. The highest BCUT2D eigenvalue weighted by molar-refractivity contribution is 5.92. The molecule has 8 nitrogen and oxygen atoms in total. The third-order valence-corrected chi connectivity index (χ3v) is 4.67. The van der Waals surface area contributed by atoms with E-state index < -0.39 is 0 Å². The average molecular weight is 422 g/mol. The number of nitrogens with zero attached hydrogens (tertiary/aromatic N) is 3. The van der Waals surface area contributed by atoms with Gasteiger partial charge in [0.1, 0.15) is 0 Å². The highest BCUT2D eigenvalue weighted by atomic mass is 16.7. The van der Waals surface area contributed by atoms with Crippen LogP contribution in [0.2, 0.25) is 0 Å². The summed E-state index contributed by atoms with van der Waals surface area (Å²) in [5.74, 6) is 2.23. The first-order valence-corrected chi connectivity index (χ1v) is 10.3. The molecule has 8 heteroatoms. The summed E-state index contributed by atoms with van der Waals surface area (Å²) in [4.78, 5) is 16.6. The van der Waals surface area contributed by atoms with Crippen LogP contribution in [-0.2, 0) is 4.79 Å². The number of anilines is 1. The first kappa shape index (κ1) is 20.7. The van der Waals surface area contributed by atoms with E-state index in [2.05, 4.69) is 29.2 Å². The quantitative estimate of drug-likeness (QED) is 0.611. The number of carbonyl (C=O) groups excluding carboxylic acids is 1. The van der Waals surface area contributed by atoms with Crippen molar-refractivity contribution in [3.05, 3.63) is 42.5 Å². The van der Waals surface area contributed by atoms with Crippen LogP contribution in [-0.4, -0.2) is 34.1 Å². The van der Waals surface area contributed by atoms with Crippen LogP contribution in [0.25, 0.3) is 17.1 Å². The molecule has 1 aliphatic rings. The van der Waals surface area contributed by atoms with Crippen molar-refractivity contribution in [2.24, 2.45) is 11.8 Å². The van der Waals surface area contributed by atoms with Crippen LogP contribution in [0.5, 0.6) is 17.5 Å². The molecule has 2 heterocycles. The Kier molecular flexibility index (Phi) is 5.79. The second kappa shape index (κ2) is 8.67. The summed E-state index contributed by atoms with van der Waals surface area (Å²) >= 11 is 0. The monoisotopic (exact) mass is 422 g/mol. The standard InChI is InChI=1S/C23H26N4O4/c1-14(2)12-29-23-25-21(16-5-10-19-20(11-16)31-13-30-19)27(26-23)18-8-6-17(7-9-18)24-22(28)15(3)4/h5-11,14-15H,12-13H2,1-4H3,(H,24,28). The number of rotatable bonds is 7. The van der Waals surface area contributed by atoms with Gasteiger partial charge in [-0.15, -0.1) is 5.10 Å². The molecule has 0 bridgehead atoms. The molecule has 0 saturated heterocycles. The van der Waals surface area contributed by atoms with Crippen molar-refractivity contribution in [1.82, 2.24) is 14.8 Å². The van der Waals surface area contributed by atoms with E-state index in [-0.39, 0.29) is 18.6 Å². The van der Waals surface area contributed by atoms with Crippen LogP contribution in [0.1, 0.15) is 27.7 Å². The normalized spacial score (nSPS) is 12.5. The summed E-state index contributed by atoms with van der Waals surface area (Å²) < 4.78 is 18.4. The predicted molar refractivity (Wildman–Crippen MR) is 117 cm³/mol. The van der Waals surface area contributed by atoms with Crippen LogP contribution in [0.3, 0.4) is 0 Å². The summed E-state index contributed by atoms with van der Waals surface area (Å²) in [7, 11) is 0. The van der Waals surface area contributed by atoms with Gasteiger partial charge >= 0.3 is 6.01 Å². The van der Waals surface area contributed by atoms with Gasteiger partial charge in [-0.1, -0.05) is 27.7 Å². The molecule has 0 fully saturated rings. The SMILES string of the molecule is CC(C)COc1nc(-c2ccc3c(c2)OCO3)n(-c2ccc(NC(=O)C(C)C)cc2)n1. The maximum atomic E-state index is 12.0. The van der Waals surface area contributed by atoms with E-state index in [1.165, 1.54) is 0 Å². The molecular weight excluding hydrogens is 396 g/mol. The molecule has 2 aromatic carbocycles. The number of aromatic nitrogens is 3. The minimum atomic E-state index is -0.0896. The van der Waals surface area contributed by atoms with E-state index in [0.29, 0.717) is 35.9 Å². The number of nitrogens with one attached hydrogen (secondary N) is 1. The molecule has 0 atom stereocenters. The summed E-state index contributed by atoms with van der Waals surface area (Å²) in [6.07, 6.45) is 0. The van der Waals surface area contributed by atoms with Gasteiger partial charge in [-0.3, -0.25) is 4.79 Å². The molecule has 3 aromatic rings. The van der Waals surface area contributed by atoms with Gasteiger partial charge in [0.05, 0.1) is 12.3 Å². The van der Waals surface area contributed by atoms with Gasteiger partial charge in [0, 0.05) is 17.2 Å². The third-order valence-electron chi connectivity index (χ3n) is 4.67. The Labute approximate surface area is 181 Å². The van der Waals surface area contributed by atoms with Crippen molar-refractivity contribution >= 4 is 11.6 Å². The van der Waals surface area contributed by atoms with Gasteiger partial charge < -0.3 is 19.5 Å². The van der Waals surface area contributed by atoms with Crippen LogP contribution < -0.4 is 19.5 Å². The fourth-order valence-electron chi connectivity index (χ4n) is 2.97. The second-order valence-corrected chi connectivity index (χ2v) is 8.09. The molecule has 162 valence electrons. The zero-order chi connectivity index (χ0) is 22.0. The molecule has 1 N–H and O–H groups in total. The third kappa shape index (κ3) is 4.63. The summed E-state index contributed by atoms with van der Waals surface area (Å²) in [5.41, 5.74) is 2.35. The lowest BCUT2D eigenvalue weighted by Crippen LogP contribution is -2.17. The Balaban J connectivity index is 1.68. The summed E-state index contributed by atoms with van der Waals surface area (Å²) in [5, 5.41) is 7.46. The molecule has 1 aromatic heterocycles. The maximum Gasteiger partial charge on any atom is 0.336 e. The zero-order valence-electron chi connectivity index (χ0n) is 18.1. The van der Waals surface area contributed by atoms with Crippen molar-refractivity contribution in [2.45, 2.75) is 27.7 Å². The van der Waals surface area contributed by atoms with Crippen molar-refractivity contribution < 1.29 is 19.0 Å². The number of carbonyl (C=O) groups is 1. The Morgan fingerprint density at radius 3 is 2.55 bits per heavy atom. The lowest BCUT2D eigenvalue weighted by atomic mass is 10.2.